The summed E-state index contributed by atoms with van der Waals surface area (Å²) in [5.41, 5.74) is 0. The SMILES string of the molecule is Oc1c(CCl)sc2ccc(Cl)cc12. The number of halogens is 2. The largest absolute Gasteiger partial charge is 0.506 e. The summed E-state index contributed by atoms with van der Waals surface area (Å²) in [6.45, 7) is 0. The molecule has 0 bridgehead atoms. The first-order chi connectivity index (χ1) is 6.22. The number of alkyl halides is 1. The van der Waals surface area contributed by atoms with Crippen LogP contribution >= 0.6 is 34.5 Å². The van der Waals surface area contributed by atoms with Gasteiger partial charge < -0.3 is 5.11 Å². The Morgan fingerprint density at radius 2 is 2.15 bits per heavy atom. The number of rotatable bonds is 1. The zero-order chi connectivity index (χ0) is 9.42. The summed E-state index contributed by atoms with van der Waals surface area (Å²) in [5.74, 6) is 0.598. The molecule has 0 unspecified atom stereocenters. The van der Waals surface area contributed by atoms with Gasteiger partial charge in [-0.05, 0) is 18.2 Å². The van der Waals surface area contributed by atoms with Crippen molar-refractivity contribution in [1.82, 2.24) is 0 Å². The maximum absolute atomic E-state index is 9.68. The molecule has 68 valence electrons. The molecule has 0 atom stereocenters. The fourth-order valence-electron chi connectivity index (χ4n) is 1.20. The van der Waals surface area contributed by atoms with Gasteiger partial charge in [0, 0.05) is 15.1 Å². The van der Waals surface area contributed by atoms with E-state index in [4.69, 9.17) is 23.2 Å². The van der Waals surface area contributed by atoms with Crippen molar-refractivity contribution >= 4 is 44.6 Å². The Kier molecular flexibility index (Phi) is 2.37. The van der Waals surface area contributed by atoms with Gasteiger partial charge in [-0.15, -0.1) is 22.9 Å². The number of aromatic hydroxyl groups is 1. The maximum Gasteiger partial charge on any atom is 0.138 e. The lowest BCUT2D eigenvalue weighted by molar-refractivity contribution is 0.479. The lowest BCUT2D eigenvalue weighted by Crippen LogP contribution is -1.68. The minimum atomic E-state index is 0.262. The quantitative estimate of drug-likeness (QED) is 0.738. The molecular weight excluding hydrogens is 227 g/mol. The highest BCUT2D eigenvalue weighted by atomic mass is 35.5. The van der Waals surface area contributed by atoms with Gasteiger partial charge in [0.05, 0.1) is 10.8 Å². The van der Waals surface area contributed by atoms with Crippen LogP contribution in [0.5, 0.6) is 5.75 Å². The molecule has 0 aliphatic rings. The van der Waals surface area contributed by atoms with E-state index in [2.05, 4.69) is 0 Å². The van der Waals surface area contributed by atoms with E-state index in [-0.39, 0.29) is 5.75 Å². The standard InChI is InChI=1S/C9H6Cl2OS/c10-4-8-9(12)6-3-5(11)1-2-7(6)13-8/h1-3,12H,4H2. The topological polar surface area (TPSA) is 20.2 Å². The summed E-state index contributed by atoms with van der Waals surface area (Å²) < 4.78 is 1.01. The molecule has 0 amide bonds. The smallest absolute Gasteiger partial charge is 0.138 e. The third-order valence-corrected chi connectivity index (χ3v) is 3.64. The van der Waals surface area contributed by atoms with Crippen LogP contribution in [0.1, 0.15) is 4.88 Å². The lowest BCUT2D eigenvalue weighted by Gasteiger charge is -1.92. The first kappa shape index (κ1) is 9.13. The number of thiophene rings is 1. The van der Waals surface area contributed by atoms with Gasteiger partial charge in [0.25, 0.3) is 0 Å². The second-order valence-electron chi connectivity index (χ2n) is 2.65. The molecule has 1 nitrogen and oxygen atoms in total. The fourth-order valence-corrected chi connectivity index (χ4v) is 2.59. The van der Waals surface area contributed by atoms with Crippen LogP contribution in [0, 0.1) is 0 Å². The number of fused-ring (bicyclic) bond motifs is 1. The summed E-state index contributed by atoms with van der Waals surface area (Å²) in [4.78, 5) is 0.791. The Bertz CT molecular complexity index is 450. The minimum Gasteiger partial charge on any atom is -0.506 e. The zero-order valence-corrected chi connectivity index (χ0v) is 8.88. The third-order valence-electron chi connectivity index (χ3n) is 1.82. The molecule has 1 aromatic carbocycles. The van der Waals surface area contributed by atoms with Gasteiger partial charge in [-0.25, -0.2) is 0 Å². The van der Waals surface area contributed by atoms with Gasteiger partial charge in [0.1, 0.15) is 5.75 Å². The van der Waals surface area contributed by atoms with E-state index in [9.17, 15) is 5.11 Å². The van der Waals surface area contributed by atoms with Gasteiger partial charge in [-0.1, -0.05) is 11.6 Å². The molecular formula is C9H6Cl2OS. The van der Waals surface area contributed by atoms with Crippen molar-refractivity contribution < 1.29 is 5.11 Å². The van der Waals surface area contributed by atoms with Crippen LogP contribution < -0.4 is 0 Å². The minimum absolute atomic E-state index is 0.262. The Morgan fingerprint density at radius 3 is 2.85 bits per heavy atom. The van der Waals surface area contributed by atoms with Crippen molar-refractivity contribution in [2.45, 2.75) is 5.88 Å². The highest BCUT2D eigenvalue weighted by Gasteiger charge is 2.09. The Labute approximate surface area is 89.5 Å². The van der Waals surface area contributed by atoms with Crippen LogP contribution in [-0.4, -0.2) is 5.11 Å². The van der Waals surface area contributed by atoms with Crippen LogP contribution in [0.25, 0.3) is 10.1 Å². The molecule has 4 heteroatoms. The molecule has 13 heavy (non-hydrogen) atoms. The molecule has 1 aromatic heterocycles. The van der Waals surface area contributed by atoms with E-state index in [1.807, 2.05) is 6.07 Å². The van der Waals surface area contributed by atoms with Crippen LogP contribution in [0.3, 0.4) is 0 Å². The molecule has 0 spiro atoms. The number of hydrogen-bond acceptors (Lipinski definition) is 2. The van der Waals surface area contributed by atoms with Gasteiger partial charge in [0.2, 0.25) is 0 Å². The summed E-state index contributed by atoms with van der Waals surface area (Å²) >= 11 is 13.0. The lowest BCUT2D eigenvalue weighted by atomic mass is 10.2. The first-order valence-electron chi connectivity index (χ1n) is 3.68. The van der Waals surface area contributed by atoms with Crippen LogP contribution in [0.2, 0.25) is 5.02 Å². The van der Waals surface area contributed by atoms with E-state index in [0.29, 0.717) is 10.9 Å². The molecule has 2 aromatic rings. The molecule has 1 N–H and O–H groups in total. The predicted molar refractivity (Wildman–Crippen MR) is 58.1 cm³/mol. The summed E-state index contributed by atoms with van der Waals surface area (Å²) in [5, 5.41) is 11.1. The molecule has 0 saturated heterocycles. The van der Waals surface area contributed by atoms with Gasteiger partial charge in [-0.2, -0.15) is 0 Å². The van der Waals surface area contributed by atoms with Crippen LogP contribution in [0.4, 0.5) is 0 Å². The highest BCUT2D eigenvalue weighted by Crippen LogP contribution is 2.38. The van der Waals surface area contributed by atoms with Crippen molar-refractivity contribution in [3.05, 3.63) is 28.1 Å². The number of benzene rings is 1. The van der Waals surface area contributed by atoms with Gasteiger partial charge in [-0.3, -0.25) is 0 Å². The predicted octanol–water partition coefficient (Wildman–Crippen LogP) is 4.00. The maximum atomic E-state index is 9.68. The monoisotopic (exact) mass is 232 g/mol. The molecule has 2 rings (SSSR count). The van der Waals surface area contributed by atoms with E-state index < -0.39 is 0 Å². The third kappa shape index (κ3) is 1.50. The van der Waals surface area contributed by atoms with Crippen LogP contribution in [0.15, 0.2) is 18.2 Å². The zero-order valence-electron chi connectivity index (χ0n) is 6.55. The highest BCUT2D eigenvalue weighted by molar-refractivity contribution is 7.19. The normalized spacial score (nSPS) is 10.9. The molecule has 0 fully saturated rings. The van der Waals surface area contributed by atoms with Crippen molar-refractivity contribution in [2.75, 3.05) is 0 Å². The van der Waals surface area contributed by atoms with Gasteiger partial charge in [0.15, 0.2) is 0 Å². The molecule has 0 aliphatic heterocycles. The molecule has 0 aliphatic carbocycles. The molecule has 0 radical (unpaired) electrons. The second-order valence-corrected chi connectivity index (χ2v) is 4.49. The first-order valence-corrected chi connectivity index (χ1v) is 5.41. The Hall–Kier alpha value is -0.440. The van der Waals surface area contributed by atoms with E-state index in [1.165, 1.54) is 11.3 Å². The van der Waals surface area contributed by atoms with Gasteiger partial charge >= 0.3 is 0 Å². The van der Waals surface area contributed by atoms with E-state index in [0.717, 1.165) is 15.0 Å². The van der Waals surface area contributed by atoms with Crippen molar-refractivity contribution in [1.29, 1.82) is 0 Å². The molecule has 0 saturated carbocycles. The van der Waals surface area contributed by atoms with Crippen molar-refractivity contribution in [3.8, 4) is 5.75 Å². The fraction of sp³-hybridized carbons (Fsp3) is 0.111. The van der Waals surface area contributed by atoms with E-state index in [1.54, 1.807) is 12.1 Å². The Balaban J connectivity index is 2.77. The number of hydrogen-bond donors (Lipinski definition) is 1. The molecule has 1 heterocycles. The summed E-state index contributed by atoms with van der Waals surface area (Å²) in [6.07, 6.45) is 0. The summed E-state index contributed by atoms with van der Waals surface area (Å²) in [7, 11) is 0. The van der Waals surface area contributed by atoms with Crippen LogP contribution in [-0.2, 0) is 5.88 Å². The van der Waals surface area contributed by atoms with Crippen molar-refractivity contribution in [2.24, 2.45) is 0 Å². The van der Waals surface area contributed by atoms with E-state index >= 15 is 0 Å². The van der Waals surface area contributed by atoms with Crippen molar-refractivity contribution in [3.63, 3.8) is 0 Å². The Morgan fingerprint density at radius 1 is 1.38 bits per heavy atom. The average Bonchev–Trinajstić information content (AvgIpc) is 2.44. The second kappa shape index (κ2) is 3.37. The average molecular weight is 233 g/mol. The summed E-state index contributed by atoms with van der Waals surface area (Å²) in [6, 6.07) is 5.44.